The summed E-state index contributed by atoms with van der Waals surface area (Å²) < 4.78 is 31.0. The molecule has 1 heterocycles. The monoisotopic (exact) mass is 368 g/mol. The fourth-order valence-corrected chi connectivity index (χ4v) is 3.39. The van der Waals surface area contributed by atoms with Crippen molar-refractivity contribution in [1.82, 2.24) is 10.2 Å². The van der Waals surface area contributed by atoms with Gasteiger partial charge in [-0.3, -0.25) is 4.72 Å². The molecule has 0 aliphatic carbocycles. The molecule has 0 spiro atoms. The van der Waals surface area contributed by atoms with E-state index in [2.05, 4.69) is 19.9 Å². The molecule has 1 fully saturated rings. The Labute approximate surface area is 150 Å². The third kappa shape index (κ3) is 6.55. The van der Waals surface area contributed by atoms with Gasteiger partial charge in [0.15, 0.2) is 5.96 Å². The molecule has 140 valence electrons. The van der Waals surface area contributed by atoms with E-state index in [9.17, 15) is 8.42 Å². The number of anilines is 1. The summed E-state index contributed by atoms with van der Waals surface area (Å²) in [5.74, 6) is 1.33. The molecule has 0 bridgehead atoms. The lowest BCUT2D eigenvalue weighted by atomic mass is 10.1. The van der Waals surface area contributed by atoms with Crippen molar-refractivity contribution >= 4 is 21.7 Å². The van der Waals surface area contributed by atoms with Gasteiger partial charge in [0, 0.05) is 32.7 Å². The number of ether oxygens (including phenoxy) is 1. The van der Waals surface area contributed by atoms with Gasteiger partial charge in [0.25, 0.3) is 0 Å². The van der Waals surface area contributed by atoms with E-state index >= 15 is 0 Å². The maximum Gasteiger partial charge on any atom is 0.229 e. The molecule has 25 heavy (non-hydrogen) atoms. The summed E-state index contributed by atoms with van der Waals surface area (Å²) in [5, 5.41) is 3.29. The molecule has 2 N–H and O–H groups in total. The average molecular weight is 369 g/mol. The quantitative estimate of drug-likeness (QED) is 0.563. The number of hydrogen-bond donors (Lipinski definition) is 2. The zero-order valence-electron chi connectivity index (χ0n) is 15.2. The van der Waals surface area contributed by atoms with E-state index < -0.39 is 10.0 Å². The smallest absolute Gasteiger partial charge is 0.229 e. The highest BCUT2D eigenvalue weighted by atomic mass is 32.2. The van der Waals surface area contributed by atoms with Crippen LogP contribution in [0.15, 0.2) is 29.3 Å². The summed E-state index contributed by atoms with van der Waals surface area (Å²) in [4.78, 5) is 6.78. The Morgan fingerprint density at radius 3 is 2.80 bits per heavy atom. The SMILES string of the molecule is CCNC(=NCc1ccccc1NS(C)(=O)=O)N(C)CC1CCOC1. The highest BCUT2D eigenvalue weighted by molar-refractivity contribution is 7.92. The van der Waals surface area contributed by atoms with Crippen LogP contribution in [0.1, 0.15) is 18.9 Å². The number of benzene rings is 1. The second-order valence-corrected chi connectivity index (χ2v) is 8.06. The highest BCUT2D eigenvalue weighted by Gasteiger charge is 2.19. The van der Waals surface area contributed by atoms with Gasteiger partial charge in [-0.25, -0.2) is 13.4 Å². The van der Waals surface area contributed by atoms with Crippen LogP contribution in [-0.2, 0) is 21.3 Å². The Morgan fingerprint density at radius 2 is 2.16 bits per heavy atom. The molecule has 8 heteroatoms. The molecule has 1 aliphatic rings. The number of para-hydroxylation sites is 1. The summed E-state index contributed by atoms with van der Waals surface area (Å²) in [6.07, 6.45) is 2.22. The van der Waals surface area contributed by atoms with Gasteiger partial charge in [0.05, 0.1) is 25.1 Å². The van der Waals surface area contributed by atoms with Gasteiger partial charge >= 0.3 is 0 Å². The maximum atomic E-state index is 11.5. The molecular formula is C17H28N4O3S. The minimum absolute atomic E-state index is 0.395. The van der Waals surface area contributed by atoms with Crippen molar-refractivity contribution in [3.8, 4) is 0 Å². The molecule has 1 aromatic rings. The molecule has 0 saturated carbocycles. The van der Waals surface area contributed by atoms with E-state index in [1.54, 1.807) is 12.1 Å². The number of rotatable bonds is 7. The zero-order chi connectivity index (χ0) is 18.3. The third-order valence-electron chi connectivity index (χ3n) is 3.96. The van der Waals surface area contributed by atoms with Crippen molar-refractivity contribution in [2.75, 3.05) is 44.3 Å². The lowest BCUT2D eigenvalue weighted by Gasteiger charge is -2.24. The van der Waals surface area contributed by atoms with E-state index in [4.69, 9.17) is 4.74 Å². The Hall–Kier alpha value is -1.80. The van der Waals surface area contributed by atoms with Gasteiger partial charge < -0.3 is 15.0 Å². The first kappa shape index (κ1) is 19.5. The van der Waals surface area contributed by atoms with Crippen LogP contribution in [0.5, 0.6) is 0 Å². The number of aliphatic imine (C=N–C) groups is 1. The van der Waals surface area contributed by atoms with Gasteiger partial charge in [0.1, 0.15) is 0 Å². The first-order valence-electron chi connectivity index (χ1n) is 8.52. The van der Waals surface area contributed by atoms with Gasteiger partial charge in [-0.05, 0) is 25.0 Å². The molecule has 0 amide bonds. The van der Waals surface area contributed by atoms with Crippen molar-refractivity contribution in [3.63, 3.8) is 0 Å². The molecule has 1 saturated heterocycles. The largest absolute Gasteiger partial charge is 0.381 e. The molecule has 7 nitrogen and oxygen atoms in total. The number of guanidine groups is 1. The summed E-state index contributed by atoms with van der Waals surface area (Å²) in [5.41, 5.74) is 1.40. The van der Waals surface area contributed by atoms with Crippen LogP contribution < -0.4 is 10.0 Å². The van der Waals surface area contributed by atoms with Crippen molar-refractivity contribution in [1.29, 1.82) is 0 Å². The van der Waals surface area contributed by atoms with Gasteiger partial charge in [0.2, 0.25) is 10.0 Å². The fourth-order valence-electron chi connectivity index (χ4n) is 2.79. The Morgan fingerprint density at radius 1 is 1.40 bits per heavy atom. The minimum atomic E-state index is -3.32. The van der Waals surface area contributed by atoms with Gasteiger partial charge in [-0.2, -0.15) is 0 Å². The van der Waals surface area contributed by atoms with E-state index in [0.29, 0.717) is 18.2 Å². The Kier molecular flexibility index (Phi) is 7.07. The predicted molar refractivity (Wildman–Crippen MR) is 101 cm³/mol. The van der Waals surface area contributed by atoms with E-state index in [1.807, 2.05) is 26.1 Å². The van der Waals surface area contributed by atoms with E-state index in [0.717, 1.165) is 50.5 Å². The van der Waals surface area contributed by atoms with Crippen LogP contribution in [0.2, 0.25) is 0 Å². The number of nitrogens with one attached hydrogen (secondary N) is 2. The second kappa shape index (κ2) is 9.05. The molecule has 2 rings (SSSR count). The third-order valence-corrected chi connectivity index (χ3v) is 4.56. The van der Waals surface area contributed by atoms with Crippen LogP contribution in [0.25, 0.3) is 0 Å². The van der Waals surface area contributed by atoms with Crippen LogP contribution in [0.4, 0.5) is 5.69 Å². The molecule has 1 aliphatic heterocycles. The number of sulfonamides is 1. The Balaban J connectivity index is 2.10. The van der Waals surface area contributed by atoms with Gasteiger partial charge in [-0.1, -0.05) is 18.2 Å². The average Bonchev–Trinajstić information content (AvgIpc) is 3.04. The van der Waals surface area contributed by atoms with E-state index in [1.165, 1.54) is 0 Å². The molecule has 0 radical (unpaired) electrons. The number of hydrogen-bond acceptors (Lipinski definition) is 4. The van der Waals surface area contributed by atoms with Crippen molar-refractivity contribution in [2.45, 2.75) is 19.9 Å². The normalized spacial score (nSPS) is 18.2. The van der Waals surface area contributed by atoms with Crippen LogP contribution in [-0.4, -0.2) is 58.9 Å². The highest BCUT2D eigenvalue weighted by Crippen LogP contribution is 2.18. The first-order chi connectivity index (χ1) is 11.9. The first-order valence-corrected chi connectivity index (χ1v) is 10.4. The summed E-state index contributed by atoms with van der Waals surface area (Å²) in [7, 11) is -1.30. The molecule has 1 atom stereocenters. The zero-order valence-corrected chi connectivity index (χ0v) is 16.0. The van der Waals surface area contributed by atoms with E-state index in [-0.39, 0.29) is 0 Å². The fraction of sp³-hybridized carbons (Fsp3) is 0.588. The predicted octanol–water partition coefficient (Wildman–Crippen LogP) is 1.49. The summed E-state index contributed by atoms with van der Waals surface area (Å²) in [6, 6.07) is 7.31. The van der Waals surface area contributed by atoms with Crippen molar-refractivity contribution in [3.05, 3.63) is 29.8 Å². The molecule has 1 unspecified atom stereocenters. The Bertz CT molecular complexity index is 685. The molecular weight excluding hydrogens is 340 g/mol. The second-order valence-electron chi connectivity index (χ2n) is 6.31. The number of nitrogens with zero attached hydrogens (tertiary/aromatic N) is 2. The standard InChI is InChI=1S/C17H28N4O3S/c1-4-18-17(21(2)12-14-9-10-24-13-14)19-11-15-7-5-6-8-16(15)20-25(3,22)23/h5-8,14,20H,4,9-13H2,1-3H3,(H,18,19). The molecule has 1 aromatic carbocycles. The van der Waals surface area contributed by atoms with Crippen LogP contribution in [0, 0.1) is 5.92 Å². The topological polar surface area (TPSA) is 83.0 Å². The molecule has 0 aromatic heterocycles. The summed E-state index contributed by atoms with van der Waals surface area (Å²) >= 11 is 0. The van der Waals surface area contributed by atoms with Crippen molar-refractivity contribution in [2.24, 2.45) is 10.9 Å². The van der Waals surface area contributed by atoms with Crippen molar-refractivity contribution < 1.29 is 13.2 Å². The lowest BCUT2D eigenvalue weighted by molar-refractivity contribution is 0.181. The maximum absolute atomic E-state index is 11.5. The van der Waals surface area contributed by atoms with Crippen LogP contribution >= 0.6 is 0 Å². The summed E-state index contributed by atoms with van der Waals surface area (Å²) in [6.45, 7) is 5.71. The van der Waals surface area contributed by atoms with Crippen LogP contribution in [0.3, 0.4) is 0 Å². The minimum Gasteiger partial charge on any atom is -0.381 e. The van der Waals surface area contributed by atoms with Gasteiger partial charge in [-0.15, -0.1) is 0 Å². The lowest BCUT2D eigenvalue weighted by Crippen LogP contribution is -2.41.